The number of amides is 1. The van der Waals surface area contributed by atoms with Crippen molar-refractivity contribution < 1.29 is 22.8 Å². The molecule has 0 radical (unpaired) electrons. The lowest BCUT2D eigenvalue weighted by Gasteiger charge is -2.36. The van der Waals surface area contributed by atoms with Crippen molar-refractivity contribution in [3.63, 3.8) is 0 Å². The van der Waals surface area contributed by atoms with Gasteiger partial charge in [0, 0.05) is 17.8 Å². The summed E-state index contributed by atoms with van der Waals surface area (Å²) in [6.07, 6.45) is -3.69. The zero-order valence-electron chi connectivity index (χ0n) is 13.7. The number of hydrogen-bond donors (Lipinski definition) is 1. The molecule has 0 bridgehead atoms. The van der Waals surface area contributed by atoms with Gasteiger partial charge in [-0.05, 0) is 57.5 Å². The summed E-state index contributed by atoms with van der Waals surface area (Å²) in [5, 5.41) is 2.69. The second-order valence-corrected chi connectivity index (χ2v) is 6.17. The topological polar surface area (TPSA) is 49.4 Å². The van der Waals surface area contributed by atoms with E-state index in [1.807, 2.05) is 0 Å². The molecule has 2 rings (SSSR count). The normalized spacial score (nSPS) is 20.5. The molecule has 1 N–H and O–H groups in total. The number of rotatable bonds is 4. The summed E-state index contributed by atoms with van der Waals surface area (Å²) < 4.78 is 38.6. The molecule has 0 spiro atoms. The zero-order valence-corrected chi connectivity index (χ0v) is 13.7. The molecule has 0 unspecified atom stereocenters. The lowest BCUT2D eigenvalue weighted by atomic mass is 9.96. The molecule has 24 heavy (non-hydrogen) atoms. The monoisotopic (exact) mass is 342 g/mol. The number of piperidine rings is 1. The average Bonchev–Trinajstić information content (AvgIpc) is 2.54. The molecule has 1 fully saturated rings. The lowest BCUT2D eigenvalue weighted by Crippen LogP contribution is -2.49. The van der Waals surface area contributed by atoms with Crippen LogP contribution in [0.2, 0.25) is 0 Å². The summed E-state index contributed by atoms with van der Waals surface area (Å²) in [6.45, 7) is 3.38. The van der Waals surface area contributed by atoms with E-state index in [1.165, 1.54) is 6.92 Å². The maximum absolute atomic E-state index is 12.9. The fourth-order valence-electron chi connectivity index (χ4n) is 2.83. The summed E-state index contributed by atoms with van der Waals surface area (Å²) in [7, 11) is 0. The Morgan fingerprint density at radius 3 is 2.42 bits per heavy atom. The van der Waals surface area contributed by atoms with E-state index in [2.05, 4.69) is 5.32 Å². The molecule has 1 saturated heterocycles. The Morgan fingerprint density at radius 2 is 1.88 bits per heavy atom. The van der Waals surface area contributed by atoms with Crippen LogP contribution in [0.25, 0.3) is 0 Å². The fourth-order valence-corrected chi connectivity index (χ4v) is 2.83. The van der Waals surface area contributed by atoms with Crippen molar-refractivity contribution >= 4 is 17.4 Å². The van der Waals surface area contributed by atoms with E-state index in [1.54, 1.807) is 36.1 Å². The molecule has 1 aromatic carbocycles. The van der Waals surface area contributed by atoms with Crippen LogP contribution >= 0.6 is 0 Å². The Morgan fingerprint density at radius 1 is 1.25 bits per heavy atom. The Bertz CT molecular complexity index is 599. The standard InChI is InChI=1S/C17H21F3N2O2/c1-11(22-9-3-4-14(10-22)17(18,19)20)16(24)21-15-7-5-13(6-8-15)12(2)23/h5-8,11,14H,3-4,9-10H2,1-2H3,(H,21,24)/t11-,14-/m1/s1. The number of halogens is 3. The van der Waals surface area contributed by atoms with Gasteiger partial charge in [0.1, 0.15) is 0 Å². The smallest absolute Gasteiger partial charge is 0.325 e. The molecule has 2 atom stereocenters. The van der Waals surface area contributed by atoms with Gasteiger partial charge in [0.25, 0.3) is 0 Å². The van der Waals surface area contributed by atoms with Crippen LogP contribution in [-0.4, -0.2) is 41.9 Å². The van der Waals surface area contributed by atoms with Crippen molar-refractivity contribution in [2.24, 2.45) is 5.92 Å². The van der Waals surface area contributed by atoms with Gasteiger partial charge < -0.3 is 5.32 Å². The summed E-state index contributed by atoms with van der Waals surface area (Å²) >= 11 is 0. The molecule has 7 heteroatoms. The highest BCUT2D eigenvalue weighted by Crippen LogP contribution is 2.33. The molecular formula is C17H21F3N2O2. The molecule has 1 amide bonds. The van der Waals surface area contributed by atoms with Crippen LogP contribution in [0.1, 0.15) is 37.0 Å². The van der Waals surface area contributed by atoms with Crippen molar-refractivity contribution in [1.29, 1.82) is 0 Å². The number of likely N-dealkylation sites (tertiary alicyclic amines) is 1. The van der Waals surface area contributed by atoms with E-state index >= 15 is 0 Å². The first-order chi connectivity index (χ1) is 11.2. The Balaban J connectivity index is 1.97. The summed E-state index contributed by atoms with van der Waals surface area (Å²) in [5.74, 6) is -1.81. The Kier molecular flexibility index (Phi) is 5.64. The quantitative estimate of drug-likeness (QED) is 0.852. The first kappa shape index (κ1) is 18.4. The highest BCUT2D eigenvalue weighted by molar-refractivity contribution is 5.96. The molecule has 0 aromatic heterocycles. The van der Waals surface area contributed by atoms with Gasteiger partial charge in [-0.1, -0.05) is 0 Å². The maximum Gasteiger partial charge on any atom is 0.393 e. The van der Waals surface area contributed by atoms with Gasteiger partial charge in [0.2, 0.25) is 5.91 Å². The molecule has 1 heterocycles. The van der Waals surface area contributed by atoms with E-state index in [4.69, 9.17) is 0 Å². The molecule has 0 aliphatic carbocycles. The van der Waals surface area contributed by atoms with Gasteiger partial charge in [-0.15, -0.1) is 0 Å². The van der Waals surface area contributed by atoms with E-state index in [0.717, 1.165) is 0 Å². The zero-order chi connectivity index (χ0) is 17.9. The van der Waals surface area contributed by atoms with Crippen LogP contribution in [0.15, 0.2) is 24.3 Å². The van der Waals surface area contributed by atoms with Gasteiger partial charge >= 0.3 is 6.18 Å². The molecular weight excluding hydrogens is 321 g/mol. The molecule has 1 aromatic rings. The molecule has 4 nitrogen and oxygen atoms in total. The van der Waals surface area contributed by atoms with E-state index in [0.29, 0.717) is 24.2 Å². The Hall–Kier alpha value is -1.89. The second kappa shape index (κ2) is 7.34. The number of anilines is 1. The van der Waals surface area contributed by atoms with Crippen LogP contribution in [-0.2, 0) is 4.79 Å². The largest absolute Gasteiger partial charge is 0.393 e. The van der Waals surface area contributed by atoms with Crippen LogP contribution < -0.4 is 5.32 Å². The van der Waals surface area contributed by atoms with Crippen molar-refractivity contribution in [3.8, 4) is 0 Å². The third kappa shape index (κ3) is 4.56. The van der Waals surface area contributed by atoms with Crippen LogP contribution in [0, 0.1) is 5.92 Å². The van der Waals surface area contributed by atoms with Crippen LogP contribution in [0.5, 0.6) is 0 Å². The third-order valence-electron chi connectivity index (χ3n) is 4.40. The lowest BCUT2D eigenvalue weighted by molar-refractivity contribution is -0.188. The van der Waals surface area contributed by atoms with Crippen molar-refractivity contribution in [2.75, 3.05) is 18.4 Å². The number of Topliss-reactive ketones (excluding diaryl/α,β-unsaturated/α-hetero) is 1. The van der Waals surface area contributed by atoms with Gasteiger partial charge in [0.05, 0.1) is 12.0 Å². The predicted octanol–water partition coefficient (Wildman–Crippen LogP) is 3.49. The minimum atomic E-state index is -4.22. The minimum absolute atomic E-state index is 0.0762. The van der Waals surface area contributed by atoms with E-state index in [-0.39, 0.29) is 24.7 Å². The molecule has 0 saturated carbocycles. The maximum atomic E-state index is 12.9. The summed E-state index contributed by atoms with van der Waals surface area (Å²) in [5.41, 5.74) is 1.05. The second-order valence-electron chi connectivity index (χ2n) is 6.17. The highest BCUT2D eigenvalue weighted by Gasteiger charge is 2.43. The number of carbonyl (C=O) groups excluding carboxylic acids is 2. The number of nitrogens with zero attached hydrogens (tertiary/aromatic N) is 1. The first-order valence-electron chi connectivity index (χ1n) is 7.91. The van der Waals surface area contributed by atoms with E-state index < -0.39 is 18.1 Å². The van der Waals surface area contributed by atoms with Gasteiger partial charge in [-0.3, -0.25) is 14.5 Å². The number of ketones is 1. The van der Waals surface area contributed by atoms with Crippen molar-refractivity contribution in [1.82, 2.24) is 4.90 Å². The molecule has 132 valence electrons. The van der Waals surface area contributed by atoms with Crippen LogP contribution in [0.3, 0.4) is 0 Å². The summed E-state index contributed by atoms with van der Waals surface area (Å²) in [6, 6.07) is 5.76. The van der Waals surface area contributed by atoms with Gasteiger partial charge in [-0.25, -0.2) is 0 Å². The number of benzene rings is 1. The Labute approximate surface area is 139 Å². The van der Waals surface area contributed by atoms with Gasteiger partial charge in [0.15, 0.2) is 5.78 Å². The molecule has 1 aliphatic heterocycles. The number of alkyl halides is 3. The van der Waals surface area contributed by atoms with Crippen molar-refractivity contribution in [3.05, 3.63) is 29.8 Å². The number of carbonyl (C=O) groups is 2. The third-order valence-corrected chi connectivity index (χ3v) is 4.40. The summed E-state index contributed by atoms with van der Waals surface area (Å²) in [4.78, 5) is 25.1. The SMILES string of the molecule is CC(=O)c1ccc(NC(=O)[C@@H](C)N2CCC[C@@H](C(F)(F)F)C2)cc1. The first-order valence-corrected chi connectivity index (χ1v) is 7.91. The van der Waals surface area contributed by atoms with E-state index in [9.17, 15) is 22.8 Å². The highest BCUT2D eigenvalue weighted by atomic mass is 19.4. The van der Waals surface area contributed by atoms with Crippen molar-refractivity contribution in [2.45, 2.75) is 38.9 Å². The minimum Gasteiger partial charge on any atom is -0.325 e. The fraction of sp³-hybridized carbons (Fsp3) is 0.529. The number of hydrogen-bond acceptors (Lipinski definition) is 3. The number of nitrogens with one attached hydrogen (secondary N) is 1. The van der Waals surface area contributed by atoms with Crippen LogP contribution in [0.4, 0.5) is 18.9 Å². The predicted molar refractivity (Wildman–Crippen MR) is 84.9 cm³/mol. The van der Waals surface area contributed by atoms with Gasteiger partial charge in [-0.2, -0.15) is 13.2 Å². The average molecular weight is 342 g/mol. The molecule has 1 aliphatic rings.